The number of rotatable bonds is 6. The molecule has 0 bridgehead atoms. The SMILES string of the molecule is CC(C)SC(=O)C(OCc1ccccc1)c1ccc(Cl)cc1. The van der Waals surface area contributed by atoms with Crippen LogP contribution in [0.2, 0.25) is 5.02 Å². The molecule has 22 heavy (non-hydrogen) atoms. The molecular weight excluding hydrogens is 316 g/mol. The molecule has 116 valence electrons. The molecule has 0 aliphatic rings. The van der Waals surface area contributed by atoms with Gasteiger partial charge in [0, 0.05) is 10.3 Å². The van der Waals surface area contributed by atoms with Crippen molar-refractivity contribution in [3.05, 3.63) is 70.7 Å². The van der Waals surface area contributed by atoms with E-state index < -0.39 is 6.10 Å². The van der Waals surface area contributed by atoms with Gasteiger partial charge in [0.1, 0.15) is 0 Å². The third-order valence-corrected chi connectivity index (χ3v) is 4.17. The molecule has 2 nitrogen and oxygen atoms in total. The van der Waals surface area contributed by atoms with Gasteiger partial charge in [-0.1, -0.05) is 79.7 Å². The molecule has 0 N–H and O–H groups in total. The number of hydrogen-bond acceptors (Lipinski definition) is 3. The zero-order valence-electron chi connectivity index (χ0n) is 12.7. The molecule has 0 aliphatic heterocycles. The number of benzene rings is 2. The Hall–Kier alpha value is -1.29. The number of carbonyl (C=O) groups is 1. The van der Waals surface area contributed by atoms with Gasteiger partial charge in [-0.05, 0) is 23.3 Å². The first-order valence-corrected chi connectivity index (χ1v) is 8.43. The van der Waals surface area contributed by atoms with Crippen molar-refractivity contribution in [3.63, 3.8) is 0 Å². The molecule has 0 amide bonds. The summed E-state index contributed by atoms with van der Waals surface area (Å²) in [6, 6.07) is 17.1. The number of thioether (sulfide) groups is 1. The Morgan fingerprint density at radius 3 is 2.32 bits per heavy atom. The van der Waals surface area contributed by atoms with E-state index in [2.05, 4.69) is 0 Å². The summed E-state index contributed by atoms with van der Waals surface area (Å²) in [5.41, 5.74) is 1.88. The molecule has 0 aliphatic carbocycles. The summed E-state index contributed by atoms with van der Waals surface area (Å²) >= 11 is 7.22. The van der Waals surface area contributed by atoms with Gasteiger partial charge < -0.3 is 4.74 Å². The molecule has 2 aromatic carbocycles. The van der Waals surface area contributed by atoms with E-state index in [9.17, 15) is 4.79 Å². The Bertz CT molecular complexity index is 596. The van der Waals surface area contributed by atoms with Crippen LogP contribution in [0.1, 0.15) is 31.1 Å². The first-order chi connectivity index (χ1) is 10.6. The van der Waals surface area contributed by atoms with Gasteiger partial charge in [-0.15, -0.1) is 0 Å². The van der Waals surface area contributed by atoms with Gasteiger partial charge in [-0.2, -0.15) is 0 Å². The topological polar surface area (TPSA) is 26.3 Å². The van der Waals surface area contributed by atoms with E-state index in [4.69, 9.17) is 16.3 Å². The van der Waals surface area contributed by atoms with Gasteiger partial charge in [-0.3, -0.25) is 4.79 Å². The van der Waals surface area contributed by atoms with E-state index in [0.29, 0.717) is 11.6 Å². The highest BCUT2D eigenvalue weighted by Crippen LogP contribution is 2.28. The van der Waals surface area contributed by atoms with Crippen molar-refractivity contribution in [1.82, 2.24) is 0 Å². The van der Waals surface area contributed by atoms with Crippen LogP contribution >= 0.6 is 23.4 Å². The van der Waals surface area contributed by atoms with E-state index >= 15 is 0 Å². The second kappa shape index (κ2) is 8.37. The molecule has 0 saturated carbocycles. The van der Waals surface area contributed by atoms with Gasteiger partial charge in [0.15, 0.2) is 6.10 Å². The van der Waals surface area contributed by atoms with Crippen LogP contribution in [0.25, 0.3) is 0 Å². The van der Waals surface area contributed by atoms with Crippen molar-refractivity contribution in [3.8, 4) is 0 Å². The highest BCUT2D eigenvalue weighted by atomic mass is 35.5. The summed E-state index contributed by atoms with van der Waals surface area (Å²) in [5, 5.41) is 0.894. The molecule has 0 saturated heterocycles. The van der Waals surface area contributed by atoms with Crippen LogP contribution in [0.3, 0.4) is 0 Å². The van der Waals surface area contributed by atoms with Crippen molar-refractivity contribution in [2.75, 3.05) is 0 Å². The Morgan fingerprint density at radius 2 is 1.73 bits per heavy atom. The Balaban J connectivity index is 2.14. The van der Waals surface area contributed by atoms with Crippen molar-refractivity contribution in [2.45, 2.75) is 31.8 Å². The van der Waals surface area contributed by atoms with Gasteiger partial charge in [-0.25, -0.2) is 0 Å². The number of carbonyl (C=O) groups excluding carboxylic acids is 1. The smallest absolute Gasteiger partial charge is 0.222 e. The Kier molecular flexibility index (Phi) is 6.49. The highest BCUT2D eigenvalue weighted by molar-refractivity contribution is 8.14. The summed E-state index contributed by atoms with van der Waals surface area (Å²) in [6.07, 6.45) is -0.579. The van der Waals surface area contributed by atoms with Crippen LogP contribution in [0.4, 0.5) is 0 Å². The Labute approximate surface area is 140 Å². The third kappa shape index (κ3) is 5.16. The van der Waals surface area contributed by atoms with Crippen LogP contribution in [0, 0.1) is 0 Å². The van der Waals surface area contributed by atoms with E-state index in [1.54, 1.807) is 12.1 Å². The average Bonchev–Trinajstić information content (AvgIpc) is 2.49. The zero-order chi connectivity index (χ0) is 15.9. The first kappa shape index (κ1) is 17.1. The fourth-order valence-electron chi connectivity index (χ4n) is 1.99. The van der Waals surface area contributed by atoms with Crippen molar-refractivity contribution >= 4 is 28.5 Å². The predicted molar refractivity (Wildman–Crippen MR) is 93.2 cm³/mol. The van der Waals surface area contributed by atoms with Crippen LogP contribution < -0.4 is 0 Å². The lowest BCUT2D eigenvalue weighted by molar-refractivity contribution is -0.122. The molecule has 0 spiro atoms. The highest BCUT2D eigenvalue weighted by Gasteiger charge is 2.23. The van der Waals surface area contributed by atoms with Crippen LogP contribution in [-0.4, -0.2) is 10.4 Å². The summed E-state index contributed by atoms with van der Waals surface area (Å²) in [5.74, 6) is 0. The maximum Gasteiger partial charge on any atom is 0.222 e. The quantitative estimate of drug-likeness (QED) is 0.720. The van der Waals surface area contributed by atoms with E-state index in [1.807, 2.05) is 56.3 Å². The lowest BCUT2D eigenvalue weighted by atomic mass is 10.1. The van der Waals surface area contributed by atoms with E-state index in [1.165, 1.54) is 11.8 Å². The van der Waals surface area contributed by atoms with Crippen molar-refractivity contribution < 1.29 is 9.53 Å². The van der Waals surface area contributed by atoms with Crippen LogP contribution in [-0.2, 0) is 16.1 Å². The first-order valence-electron chi connectivity index (χ1n) is 7.17. The van der Waals surface area contributed by atoms with Crippen molar-refractivity contribution in [2.24, 2.45) is 0 Å². The zero-order valence-corrected chi connectivity index (χ0v) is 14.2. The molecule has 1 atom stereocenters. The van der Waals surface area contributed by atoms with Gasteiger partial charge in [0.2, 0.25) is 5.12 Å². The third-order valence-electron chi connectivity index (χ3n) is 3.00. The van der Waals surface area contributed by atoms with Crippen LogP contribution in [0.5, 0.6) is 0 Å². The van der Waals surface area contributed by atoms with E-state index in [0.717, 1.165) is 11.1 Å². The standard InChI is InChI=1S/C18H19ClO2S/c1-13(2)22-18(20)17(15-8-10-16(19)11-9-15)21-12-14-6-4-3-5-7-14/h3-11,13,17H,12H2,1-2H3. The average molecular weight is 335 g/mol. The number of hydrogen-bond donors (Lipinski definition) is 0. The summed E-state index contributed by atoms with van der Waals surface area (Å²) in [4.78, 5) is 12.5. The minimum absolute atomic E-state index is 0.0215. The maximum atomic E-state index is 12.5. The fourth-order valence-corrected chi connectivity index (χ4v) is 2.90. The lowest BCUT2D eigenvalue weighted by Crippen LogP contribution is -2.15. The van der Waals surface area contributed by atoms with Gasteiger partial charge in [0.05, 0.1) is 6.61 Å². The van der Waals surface area contributed by atoms with Crippen molar-refractivity contribution in [1.29, 1.82) is 0 Å². The molecule has 0 aromatic heterocycles. The second-order valence-corrected chi connectivity index (χ2v) is 7.23. The summed E-state index contributed by atoms with van der Waals surface area (Å²) in [7, 11) is 0. The molecule has 2 rings (SSSR count). The normalized spacial score (nSPS) is 12.4. The minimum Gasteiger partial charge on any atom is -0.360 e. The monoisotopic (exact) mass is 334 g/mol. The predicted octanol–water partition coefficient (Wildman–Crippen LogP) is 5.27. The van der Waals surface area contributed by atoms with Gasteiger partial charge >= 0.3 is 0 Å². The van der Waals surface area contributed by atoms with Gasteiger partial charge in [0.25, 0.3) is 0 Å². The number of halogens is 1. The largest absolute Gasteiger partial charge is 0.360 e. The molecule has 0 heterocycles. The number of ether oxygens (including phenoxy) is 1. The summed E-state index contributed by atoms with van der Waals surface area (Å²) < 4.78 is 5.90. The molecule has 2 aromatic rings. The molecule has 1 unspecified atom stereocenters. The summed E-state index contributed by atoms with van der Waals surface area (Å²) in [6.45, 7) is 4.40. The van der Waals surface area contributed by atoms with E-state index in [-0.39, 0.29) is 10.4 Å². The molecule has 0 fully saturated rings. The molecule has 4 heteroatoms. The second-order valence-electron chi connectivity index (χ2n) is 5.21. The minimum atomic E-state index is -0.579. The lowest BCUT2D eigenvalue weighted by Gasteiger charge is -2.18. The van der Waals surface area contributed by atoms with Crippen LogP contribution in [0.15, 0.2) is 54.6 Å². The molecular formula is C18H19ClO2S. The molecule has 0 radical (unpaired) electrons. The fraction of sp³-hybridized carbons (Fsp3) is 0.278. The maximum absolute atomic E-state index is 12.5. The Morgan fingerprint density at radius 1 is 1.09 bits per heavy atom.